The van der Waals surface area contributed by atoms with Crippen LogP contribution in [-0.2, 0) is 0 Å². The van der Waals surface area contributed by atoms with Crippen molar-refractivity contribution in [2.45, 2.75) is 0 Å². The number of hydrogen-bond donors (Lipinski definition) is 1. The third-order valence-electron chi connectivity index (χ3n) is 4.61. The molecule has 1 N–H and O–H groups in total. The fourth-order valence-corrected chi connectivity index (χ4v) is 3.17. The molecule has 0 saturated carbocycles. The van der Waals surface area contributed by atoms with Crippen molar-refractivity contribution in [3.8, 4) is 16.9 Å². The van der Waals surface area contributed by atoms with Gasteiger partial charge in [0.25, 0.3) is 5.91 Å². The number of aromatic nitrogens is 2. The van der Waals surface area contributed by atoms with Crippen LogP contribution in [0, 0.1) is 11.6 Å². The number of para-hydroxylation sites is 1. The minimum Gasteiger partial charge on any atom is -0.343 e. The van der Waals surface area contributed by atoms with Gasteiger partial charge in [-0.25, -0.2) is 22.8 Å². The zero-order chi connectivity index (χ0) is 20.5. The molecule has 0 saturated heterocycles. The van der Waals surface area contributed by atoms with Gasteiger partial charge in [0.15, 0.2) is 11.6 Å². The van der Waals surface area contributed by atoms with Gasteiger partial charge < -0.3 is 10.2 Å². The first-order chi connectivity index (χ1) is 14.0. The van der Waals surface area contributed by atoms with E-state index >= 15 is 0 Å². The first-order valence-corrected chi connectivity index (χ1v) is 8.78. The number of carbonyl (C=O) groups is 1. The van der Waals surface area contributed by atoms with Crippen molar-refractivity contribution in [2.24, 2.45) is 4.99 Å². The number of benzene rings is 2. The molecule has 2 heterocycles. The second kappa shape index (κ2) is 7.42. The number of aliphatic imine (C=N–C) groups is 1. The highest BCUT2D eigenvalue weighted by molar-refractivity contribution is 6.00. The molecule has 0 aliphatic carbocycles. The molecule has 29 heavy (non-hydrogen) atoms. The van der Waals surface area contributed by atoms with E-state index in [1.165, 1.54) is 30.5 Å². The lowest BCUT2D eigenvalue weighted by atomic mass is 10.0. The van der Waals surface area contributed by atoms with Crippen LogP contribution in [0.25, 0.3) is 16.9 Å². The molecule has 0 radical (unpaired) electrons. The third-order valence-corrected chi connectivity index (χ3v) is 4.61. The van der Waals surface area contributed by atoms with Crippen LogP contribution < -0.4 is 5.32 Å². The van der Waals surface area contributed by atoms with Gasteiger partial charge >= 0.3 is 0 Å². The Labute approximate surface area is 164 Å². The summed E-state index contributed by atoms with van der Waals surface area (Å²) in [6.45, 7) is -0.704. The summed E-state index contributed by atoms with van der Waals surface area (Å²) in [5, 5.41) is 7.06. The Balaban J connectivity index is 1.90. The topological polar surface area (TPSA) is 62.5 Å². The highest BCUT2D eigenvalue weighted by Crippen LogP contribution is 2.39. The fourth-order valence-electron chi connectivity index (χ4n) is 3.17. The van der Waals surface area contributed by atoms with Crippen molar-refractivity contribution >= 4 is 23.6 Å². The first kappa shape index (κ1) is 18.7. The van der Waals surface area contributed by atoms with Gasteiger partial charge in [0.2, 0.25) is 0 Å². The number of carbonyl (C=O) groups excluding carboxylic acids is 1. The summed E-state index contributed by atoms with van der Waals surface area (Å²) in [6.07, 6.45) is 2.86. The van der Waals surface area contributed by atoms with Crippen LogP contribution in [0.4, 0.5) is 24.5 Å². The van der Waals surface area contributed by atoms with Crippen LogP contribution in [0.3, 0.4) is 0 Å². The van der Waals surface area contributed by atoms with E-state index in [1.807, 2.05) is 0 Å². The van der Waals surface area contributed by atoms with E-state index in [4.69, 9.17) is 0 Å². The molecule has 148 valence electrons. The van der Waals surface area contributed by atoms with Crippen LogP contribution in [0.1, 0.15) is 10.4 Å². The largest absolute Gasteiger partial charge is 0.343 e. The molecule has 9 heteroatoms. The normalized spacial score (nSPS) is 12.0. The van der Waals surface area contributed by atoms with Gasteiger partial charge in [-0.15, -0.1) is 0 Å². The average molecular weight is 399 g/mol. The summed E-state index contributed by atoms with van der Waals surface area (Å²) in [6, 6.07) is 8.30. The van der Waals surface area contributed by atoms with Gasteiger partial charge in [0, 0.05) is 24.7 Å². The molecule has 0 atom stereocenters. The molecule has 4 rings (SSSR count). The first-order valence-electron chi connectivity index (χ1n) is 8.78. The lowest BCUT2D eigenvalue weighted by molar-refractivity contribution is 0.0786. The summed E-state index contributed by atoms with van der Waals surface area (Å²) >= 11 is 0. The van der Waals surface area contributed by atoms with E-state index in [1.54, 1.807) is 18.2 Å². The van der Waals surface area contributed by atoms with Crippen molar-refractivity contribution < 1.29 is 18.0 Å². The minimum absolute atomic E-state index is 0.0424. The Morgan fingerprint density at radius 3 is 2.69 bits per heavy atom. The molecule has 3 aromatic rings. The molecule has 2 aromatic carbocycles. The number of alkyl halides is 1. The lowest BCUT2D eigenvalue weighted by Crippen LogP contribution is -2.28. The SMILES string of the molecule is CN(CCF)C(=O)c1ccc2c(c1)-c1c(cnn1-c1c(F)cccc1F)NC=N2. The summed E-state index contributed by atoms with van der Waals surface area (Å²) < 4.78 is 42.6. The van der Waals surface area contributed by atoms with Gasteiger partial charge in [-0.2, -0.15) is 5.10 Å². The predicted octanol–water partition coefficient (Wildman–Crippen LogP) is 3.94. The molecule has 1 aromatic heterocycles. The highest BCUT2D eigenvalue weighted by atomic mass is 19.1. The second-order valence-electron chi connectivity index (χ2n) is 6.44. The predicted molar refractivity (Wildman–Crippen MR) is 104 cm³/mol. The van der Waals surface area contributed by atoms with Gasteiger partial charge in [0.1, 0.15) is 18.1 Å². The van der Waals surface area contributed by atoms with Gasteiger partial charge in [0.05, 0.1) is 23.9 Å². The summed E-state index contributed by atoms with van der Waals surface area (Å²) in [7, 11) is 1.50. The number of halogens is 3. The minimum atomic E-state index is -0.780. The summed E-state index contributed by atoms with van der Waals surface area (Å²) in [5.74, 6) is -1.94. The number of amides is 1. The Kier molecular flexibility index (Phi) is 4.79. The monoisotopic (exact) mass is 399 g/mol. The maximum Gasteiger partial charge on any atom is 0.253 e. The summed E-state index contributed by atoms with van der Waals surface area (Å²) in [4.78, 5) is 18.1. The van der Waals surface area contributed by atoms with E-state index in [0.717, 1.165) is 16.8 Å². The van der Waals surface area contributed by atoms with Crippen molar-refractivity contribution in [2.75, 3.05) is 25.6 Å². The number of rotatable bonds is 4. The molecule has 0 bridgehead atoms. The number of fused-ring (bicyclic) bond motifs is 3. The fraction of sp³-hybridized carbons (Fsp3) is 0.150. The summed E-state index contributed by atoms with van der Waals surface area (Å²) in [5.41, 5.74) is 1.72. The van der Waals surface area contributed by atoms with E-state index in [9.17, 15) is 18.0 Å². The number of hydrogen-bond acceptors (Lipinski definition) is 4. The maximum absolute atomic E-state index is 14.4. The van der Waals surface area contributed by atoms with E-state index < -0.39 is 18.3 Å². The number of anilines is 1. The van der Waals surface area contributed by atoms with Crippen molar-refractivity contribution in [1.29, 1.82) is 0 Å². The maximum atomic E-state index is 14.4. The Morgan fingerprint density at radius 2 is 1.97 bits per heavy atom. The quantitative estimate of drug-likeness (QED) is 0.723. The average Bonchev–Trinajstić information content (AvgIpc) is 3.02. The van der Waals surface area contributed by atoms with Crippen molar-refractivity contribution in [1.82, 2.24) is 14.7 Å². The van der Waals surface area contributed by atoms with E-state index in [-0.39, 0.29) is 18.1 Å². The van der Waals surface area contributed by atoms with E-state index in [2.05, 4.69) is 15.4 Å². The lowest BCUT2D eigenvalue weighted by Gasteiger charge is -2.17. The molecule has 1 amide bonds. The smallest absolute Gasteiger partial charge is 0.253 e. The zero-order valence-electron chi connectivity index (χ0n) is 15.4. The molecule has 6 nitrogen and oxygen atoms in total. The Hall–Kier alpha value is -3.62. The highest BCUT2D eigenvalue weighted by Gasteiger charge is 2.24. The van der Waals surface area contributed by atoms with Crippen LogP contribution in [-0.4, -0.2) is 47.2 Å². The van der Waals surface area contributed by atoms with Gasteiger partial charge in [-0.05, 0) is 30.3 Å². The molecular formula is C20H16F3N5O. The van der Waals surface area contributed by atoms with Gasteiger partial charge in [-0.1, -0.05) is 6.07 Å². The molecule has 1 aliphatic heterocycles. The number of nitrogens with one attached hydrogen (secondary N) is 1. The molecule has 1 aliphatic rings. The molecular weight excluding hydrogens is 383 g/mol. The van der Waals surface area contributed by atoms with Crippen LogP contribution >= 0.6 is 0 Å². The van der Waals surface area contributed by atoms with Crippen LogP contribution in [0.5, 0.6) is 0 Å². The van der Waals surface area contributed by atoms with Crippen LogP contribution in [0.2, 0.25) is 0 Å². The standard InChI is InChI=1S/C20H16F3N5O/c1-27(8-7-21)20(29)12-5-6-16-13(9-12)18-17(25-11-24-16)10-26-28(18)19-14(22)3-2-4-15(19)23/h2-6,9-11H,7-8H2,1H3,(H,24,25). The molecule has 0 unspecified atom stereocenters. The van der Waals surface area contributed by atoms with Gasteiger partial charge in [-0.3, -0.25) is 4.79 Å². The van der Waals surface area contributed by atoms with E-state index in [0.29, 0.717) is 28.2 Å². The van der Waals surface area contributed by atoms with Crippen molar-refractivity contribution in [3.05, 3.63) is 59.8 Å². The second-order valence-corrected chi connectivity index (χ2v) is 6.44. The molecule has 0 fully saturated rings. The Bertz CT molecular complexity index is 1110. The third kappa shape index (κ3) is 3.24. The number of nitrogens with zero attached hydrogens (tertiary/aromatic N) is 4. The molecule has 0 spiro atoms. The Morgan fingerprint density at radius 1 is 1.21 bits per heavy atom. The zero-order valence-corrected chi connectivity index (χ0v) is 15.4. The van der Waals surface area contributed by atoms with Crippen LogP contribution in [0.15, 0.2) is 47.6 Å². The van der Waals surface area contributed by atoms with Crippen molar-refractivity contribution in [3.63, 3.8) is 0 Å².